The Morgan fingerprint density at radius 3 is 2.77 bits per heavy atom. The number of nitrogens with one attached hydrogen (secondary N) is 2. The summed E-state index contributed by atoms with van der Waals surface area (Å²) >= 11 is 5.92. The molecule has 2 N–H and O–H groups in total. The largest absolute Gasteiger partial charge is 0.489 e. The smallest absolute Gasteiger partial charge is 0.191 e. The summed E-state index contributed by atoms with van der Waals surface area (Å²) in [6, 6.07) is 11.5. The number of pyridine rings is 1. The monoisotopic (exact) mass is 445 g/mol. The van der Waals surface area contributed by atoms with Crippen molar-refractivity contribution in [2.75, 3.05) is 37.7 Å². The van der Waals surface area contributed by atoms with Gasteiger partial charge in [-0.1, -0.05) is 17.7 Å². The summed E-state index contributed by atoms with van der Waals surface area (Å²) in [6.07, 6.45) is 2.11. The number of rotatable bonds is 8. The van der Waals surface area contributed by atoms with E-state index in [-0.39, 0.29) is 12.2 Å². The van der Waals surface area contributed by atoms with Crippen LogP contribution in [0.15, 0.2) is 47.6 Å². The van der Waals surface area contributed by atoms with Gasteiger partial charge in [-0.15, -0.1) is 0 Å². The van der Waals surface area contributed by atoms with Crippen molar-refractivity contribution < 1.29 is 9.47 Å². The predicted octanol–water partition coefficient (Wildman–Crippen LogP) is 3.48. The molecule has 0 radical (unpaired) electrons. The van der Waals surface area contributed by atoms with Crippen LogP contribution in [0.2, 0.25) is 5.02 Å². The van der Waals surface area contributed by atoms with Crippen molar-refractivity contribution in [1.82, 2.24) is 15.6 Å². The first-order chi connectivity index (χ1) is 15.0. The number of hydrogen-bond acceptors (Lipinski definition) is 5. The second-order valence-corrected chi connectivity index (χ2v) is 8.05. The first kappa shape index (κ1) is 23.2. The maximum absolute atomic E-state index is 5.92. The van der Waals surface area contributed by atoms with Crippen molar-refractivity contribution >= 4 is 23.4 Å². The average molecular weight is 446 g/mol. The molecular weight excluding hydrogens is 414 g/mol. The lowest BCUT2D eigenvalue weighted by Crippen LogP contribution is -2.41. The molecule has 168 valence electrons. The number of ether oxygens (including phenoxy) is 2. The van der Waals surface area contributed by atoms with Gasteiger partial charge in [0.25, 0.3) is 0 Å². The summed E-state index contributed by atoms with van der Waals surface area (Å²) in [6.45, 7) is 10.6. The van der Waals surface area contributed by atoms with Crippen LogP contribution in [-0.2, 0) is 11.3 Å². The molecule has 2 unspecified atom stereocenters. The van der Waals surface area contributed by atoms with E-state index in [0.29, 0.717) is 18.1 Å². The molecule has 2 heterocycles. The lowest BCUT2D eigenvalue weighted by atomic mass is 10.2. The molecule has 1 aromatic heterocycles. The van der Waals surface area contributed by atoms with Gasteiger partial charge in [0.15, 0.2) is 5.96 Å². The fourth-order valence-corrected chi connectivity index (χ4v) is 3.39. The molecular formula is C23H32ClN5O2. The highest BCUT2D eigenvalue weighted by atomic mass is 35.5. The van der Waals surface area contributed by atoms with Crippen molar-refractivity contribution in [3.8, 4) is 5.75 Å². The van der Waals surface area contributed by atoms with Gasteiger partial charge in [0, 0.05) is 30.9 Å². The van der Waals surface area contributed by atoms with Crippen molar-refractivity contribution in [3.63, 3.8) is 0 Å². The molecule has 0 amide bonds. The minimum absolute atomic E-state index is 0.0260. The molecule has 2 aromatic rings. The molecule has 0 aliphatic carbocycles. The summed E-state index contributed by atoms with van der Waals surface area (Å²) in [5.74, 6) is 2.53. The van der Waals surface area contributed by atoms with Crippen LogP contribution in [0.1, 0.15) is 26.3 Å². The number of halogens is 1. The maximum atomic E-state index is 5.92. The van der Waals surface area contributed by atoms with Crippen molar-refractivity contribution in [3.05, 3.63) is 53.2 Å². The molecule has 0 spiro atoms. The number of anilines is 1. The van der Waals surface area contributed by atoms with Crippen molar-refractivity contribution in [2.45, 2.75) is 39.5 Å². The molecule has 1 saturated heterocycles. The van der Waals surface area contributed by atoms with Gasteiger partial charge in [0.2, 0.25) is 0 Å². The van der Waals surface area contributed by atoms with Crippen LogP contribution < -0.4 is 20.3 Å². The van der Waals surface area contributed by atoms with Crippen molar-refractivity contribution in [1.29, 1.82) is 0 Å². The highest BCUT2D eigenvalue weighted by Gasteiger charge is 2.17. The fourth-order valence-electron chi connectivity index (χ4n) is 3.26. The molecule has 2 atom stereocenters. The van der Waals surface area contributed by atoms with Gasteiger partial charge >= 0.3 is 0 Å². The SMILES string of the molecule is CCNC(=NCc1ccc(N2CCOC(C)C2)nc1)NCC(C)Oc1ccc(Cl)cc1. The summed E-state index contributed by atoms with van der Waals surface area (Å²) in [5, 5.41) is 7.30. The maximum Gasteiger partial charge on any atom is 0.191 e. The lowest BCUT2D eigenvalue weighted by molar-refractivity contribution is 0.0529. The number of guanidine groups is 1. The molecule has 0 bridgehead atoms. The van der Waals surface area contributed by atoms with Gasteiger partial charge < -0.3 is 25.0 Å². The zero-order valence-corrected chi connectivity index (χ0v) is 19.2. The minimum Gasteiger partial charge on any atom is -0.489 e. The standard InChI is InChI=1S/C23H32ClN5O2/c1-4-25-23(27-13-17(2)31-21-8-6-20(24)7-9-21)28-15-19-5-10-22(26-14-19)29-11-12-30-18(3)16-29/h5-10,14,17-18H,4,11-13,15-16H2,1-3H3,(H2,25,27,28). The van der Waals surface area contributed by atoms with Crippen LogP contribution in [0.25, 0.3) is 0 Å². The fraction of sp³-hybridized carbons (Fsp3) is 0.478. The van der Waals surface area contributed by atoms with Gasteiger partial charge in [0.1, 0.15) is 17.7 Å². The molecule has 1 aromatic carbocycles. The molecule has 1 aliphatic rings. The summed E-state index contributed by atoms with van der Waals surface area (Å²) < 4.78 is 11.5. The molecule has 0 saturated carbocycles. The molecule has 7 nitrogen and oxygen atoms in total. The highest BCUT2D eigenvalue weighted by molar-refractivity contribution is 6.30. The molecule has 31 heavy (non-hydrogen) atoms. The van der Waals surface area contributed by atoms with E-state index in [9.17, 15) is 0 Å². The van der Waals surface area contributed by atoms with E-state index in [4.69, 9.17) is 21.1 Å². The molecule has 1 fully saturated rings. The summed E-state index contributed by atoms with van der Waals surface area (Å²) in [5.41, 5.74) is 1.06. The van der Waals surface area contributed by atoms with Crippen LogP contribution in [0.5, 0.6) is 5.75 Å². The number of hydrogen-bond donors (Lipinski definition) is 2. The van der Waals surface area contributed by atoms with E-state index in [1.165, 1.54) is 0 Å². The Kier molecular flexibility index (Phi) is 8.79. The highest BCUT2D eigenvalue weighted by Crippen LogP contribution is 2.17. The quantitative estimate of drug-likeness (QED) is 0.479. The number of aliphatic imine (C=N–C) groups is 1. The summed E-state index contributed by atoms with van der Waals surface area (Å²) in [7, 11) is 0. The molecule has 1 aliphatic heterocycles. The van der Waals surface area contributed by atoms with E-state index in [0.717, 1.165) is 49.3 Å². The summed E-state index contributed by atoms with van der Waals surface area (Å²) in [4.78, 5) is 11.6. The van der Waals surface area contributed by atoms with E-state index in [2.05, 4.69) is 44.6 Å². The minimum atomic E-state index is -0.0260. The zero-order chi connectivity index (χ0) is 22.1. The number of benzene rings is 1. The molecule has 3 rings (SSSR count). The lowest BCUT2D eigenvalue weighted by Gasteiger charge is -2.32. The Labute approximate surface area is 189 Å². The van der Waals surface area contributed by atoms with Gasteiger partial charge in [-0.2, -0.15) is 0 Å². The van der Waals surface area contributed by atoms with E-state index in [1.54, 1.807) is 0 Å². The van der Waals surface area contributed by atoms with Gasteiger partial charge in [-0.3, -0.25) is 0 Å². The molecule has 8 heteroatoms. The Morgan fingerprint density at radius 1 is 1.29 bits per heavy atom. The normalized spacial score (nSPS) is 17.9. The van der Waals surface area contributed by atoms with E-state index in [1.807, 2.05) is 44.3 Å². The second kappa shape index (κ2) is 11.8. The predicted molar refractivity (Wildman–Crippen MR) is 126 cm³/mol. The van der Waals surface area contributed by atoms with Crippen LogP contribution in [0, 0.1) is 0 Å². The van der Waals surface area contributed by atoms with E-state index >= 15 is 0 Å². The van der Waals surface area contributed by atoms with Gasteiger partial charge in [-0.25, -0.2) is 9.98 Å². The van der Waals surface area contributed by atoms with Crippen LogP contribution in [0.3, 0.4) is 0 Å². The first-order valence-electron chi connectivity index (χ1n) is 10.8. The Morgan fingerprint density at radius 2 is 2.10 bits per heavy atom. The van der Waals surface area contributed by atoms with E-state index < -0.39 is 0 Å². The zero-order valence-electron chi connectivity index (χ0n) is 18.5. The van der Waals surface area contributed by atoms with Crippen LogP contribution in [0.4, 0.5) is 5.82 Å². The number of nitrogens with zero attached hydrogens (tertiary/aromatic N) is 3. The Hall–Kier alpha value is -2.51. The third kappa shape index (κ3) is 7.60. The van der Waals surface area contributed by atoms with Gasteiger partial charge in [-0.05, 0) is 56.7 Å². The number of aromatic nitrogens is 1. The third-order valence-electron chi connectivity index (χ3n) is 4.85. The van der Waals surface area contributed by atoms with Gasteiger partial charge in [0.05, 0.1) is 25.8 Å². The van der Waals surface area contributed by atoms with Crippen molar-refractivity contribution in [2.24, 2.45) is 4.99 Å². The third-order valence-corrected chi connectivity index (χ3v) is 5.10. The van der Waals surface area contributed by atoms with Crippen LogP contribution in [-0.4, -0.2) is 55.9 Å². The Balaban J connectivity index is 1.50. The first-order valence-corrected chi connectivity index (χ1v) is 11.2. The number of morpholine rings is 1. The topological polar surface area (TPSA) is 71.0 Å². The second-order valence-electron chi connectivity index (χ2n) is 7.61. The average Bonchev–Trinajstić information content (AvgIpc) is 2.77. The van der Waals surface area contributed by atoms with Crippen LogP contribution >= 0.6 is 11.6 Å². The Bertz CT molecular complexity index is 829.